The smallest absolute Gasteiger partial charge is 0.256 e. The lowest BCUT2D eigenvalue weighted by Gasteiger charge is -2.34. The minimum absolute atomic E-state index is 0.0404. The van der Waals surface area contributed by atoms with E-state index >= 15 is 0 Å². The fourth-order valence-corrected chi connectivity index (χ4v) is 5.01. The lowest BCUT2D eigenvalue weighted by molar-refractivity contribution is 0.0693. The zero-order valence-corrected chi connectivity index (χ0v) is 16.6. The molecule has 1 aromatic heterocycles. The van der Waals surface area contributed by atoms with Gasteiger partial charge in [-0.25, -0.2) is 12.8 Å². The van der Waals surface area contributed by atoms with Crippen LogP contribution in [0.1, 0.15) is 21.8 Å². The van der Waals surface area contributed by atoms with Crippen molar-refractivity contribution in [2.24, 2.45) is 0 Å². The summed E-state index contributed by atoms with van der Waals surface area (Å²) in [4.78, 5) is 14.1. The molecule has 0 aliphatic carbocycles. The fourth-order valence-electron chi connectivity index (χ4n) is 2.94. The summed E-state index contributed by atoms with van der Waals surface area (Å²) in [5, 5.41) is 3.69. The minimum atomic E-state index is -3.75. The van der Waals surface area contributed by atoms with Crippen molar-refractivity contribution in [3.05, 3.63) is 45.5 Å². The Labute approximate surface area is 158 Å². The second-order valence-corrected chi connectivity index (χ2v) is 8.76. The van der Waals surface area contributed by atoms with E-state index in [9.17, 15) is 17.6 Å². The number of rotatable bonds is 3. The third-order valence-electron chi connectivity index (χ3n) is 4.25. The summed E-state index contributed by atoms with van der Waals surface area (Å²) >= 11 is 3.22. The second kappa shape index (κ2) is 7.09. The summed E-state index contributed by atoms with van der Waals surface area (Å²) in [5.74, 6) is -0.834. The topological polar surface area (TPSA) is 83.7 Å². The molecule has 1 fully saturated rings. The van der Waals surface area contributed by atoms with Crippen molar-refractivity contribution < 1.29 is 22.1 Å². The van der Waals surface area contributed by atoms with Gasteiger partial charge in [0, 0.05) is 30.7 Å². The predicted octanol–water partition coefficient (Wildman–Crippen LogP) is 2.34. The molecular formula is C16H17BrFN3O4S. The Kier molecular flexibility index (Phi) is 5.18. The standard InChI is InChI=1S/C16H17BrFN3O4S/c1-10-15(11(2)25-19-10)26(23,24)21-7-5-20(6-8-21)16(22)13-9-12(17)3-4-14(13)18/h3-4,9H,5-8H2,1-2H3. The summed E-state index contributed by atoms with van der Waals surface area (Å²) in [6, 6.07) is 4.15. The molecule has 0 N–H and O–H groups in total. The van der Waals surface area contributed by atoms with Crippen LogP contribution >= 0.6 is 15.9 Å². The van der Waals surface area contributed by atoms with Gasteiger partial charge in [0.2, 0.25) is 10.0 Å². The fraction of sp³-hybridized carbons (Fsp3) is 0.375. The molecule has 26 heavy (non-hydrogen) atoms. The van der Waals surface area contributed by atoms with E-state index in [-0.39, 0.29) is 42.4 Å². The van der Waals surface area contributed by atoms with Gasteiger partial charge in [-0.15, -0.1) is 0 Å². The summed E-state index contributed by atoms with van der Waals surface area (Å²) < 4.78 is 46.3. The highest BCUT2D eigenvalue weighted by atomic mass is 79.9. The van der Waals surface area contributed by atoms with Crippen LogP contribution in [0.15, 0.2) is 32.1 Å². The van der Waals surface area contributed by atoms with Gasteiger partial charge in [0.15, 0.2) is 5.76 Å². The van der Waals surface area contributed by atoms with Crippen molar-refractivity contribution in [1.82, 2.24) is 14.4 Å². The Balaban J connectivity index is 1.75. The van der Waals surface area contributed by atoms with Gasteiger partial charge >= 0.3 is 0 Å². The van der Waals surface area contributed by atoms with Crippen LogP contribution in [0.3, 0.4) is 0 Å². The number of hydrogen-bond donors (Lipinski definition) is 0. The van der Waals surface area contributed by atoms with E-state index < -0.39 is 21.7 Å². The Morgan fingerprint density at radius 2 is 1.88 bits per heavy atom. The molecule has 1 saturated heterocycles. The van der Waals surface area contributed by atoms with Crippen LogP contribution in [0, 0.1) is 19.7 Å². The normalized spacial score (nSPS) is 16.1. The van der Waals surface area contributed by atoms with Gasteiger partial charge in [0.05, 0.1) is 5.56 Å². The molecule has 140 valence electrons. The molecular weight excluding hydrogens is 429 g/mol. The van der Waals surface area contributed by atoms with Crippen LogP contribution in [0.4, 0.5) is 4.39 Å². The number of hydrogen-bond acceptors (Lipinski definition) is 5. The van der Waals surface area contributed by atoms with Crippen LogP contribution < -0.4 is 0 Å². The van der Waals surface area contributed by atoms with Crippen molar-refractivity contribution >= 4 is 31.9 Å². The second-order valence-electron chi connectivity index (χ2n) is 5.97. The van der Waals surface area contributed by atoms with Gasteiger partial charge in [0.1, 0.15) is 16.4 Å². The molecule has 1 aliphatic heterocycles. The predicted molar refractivity (Wildman–Crippen MR) is 94.7 cm³/mol. The number of halogens is 2. The highest BCUT2D eigenvalue weighted by Crippen LogP contribution is 2.25. The quantitative estimate of drug-likeness (QED) is 0.723. The summed E-state index contributed by atoms with van der Waals surface area (Å²) in [6.07, 6.45) is 0. The van der Waals surface area contributed by atoms with Crippen molar-refractivity contribution in [1.29, 1.82) is 0 Å². The number of amides is 1. The lowest BCUT2D eigenvalue weighted by Crippen LogP contribution is -2.50. The summed E-state index contributed by atoms with van der Waals surface area (Å²) in [5.41, 5.74) is 0.263. The largest absolute Gasteiger partial charge is 0.360 e. The minimum Gasteiger partial charge on any atom is -0.360 e. The average Bonchev–Trinajstić information content (AvgIpc) is 2.95. The lowest BCUT2D eigenvalue weighted by atomic mass is 10.1. The number of aryl methyl sites for hydroxylation is 2. The first-order chi connectivity index (χ1) is 12.2. The Bertz CT molecular complexity index is 933. The molecule has 0 radical (unpaired) electrons. The van der Waals surface area contributed by atoms with Crippen molar-refractivity contribution in [2.75, 3.05) is 26.2 Å². The van der Waals surface area contributed by atoms with E-state index in [0.29, 0.717) is 10.2 Å². The van der Waals surface area contributed by atoms with Crippen molar-refractivity contribution in [3.8, 4) is 0 Å². The van der Waals surface area contributed by atoms with Crippen LogP contribution in [-0.2, 0) is 10.0 Å². The van der Waals surface area contributed by atoms with E-state index in [0.717, 1.165) is 0 Å². The molecule has 1 amide bonds. The number of nitrogens with zero attached hydrogens (tertiary/aromatic N) is 3. The molecule has 0 atom stereocenters. The molecule has 1 aromatic carbocycles. The number of aromatic nitrogens is 1. The molecule has 0 saturated carbocycles. The van der Waals surface area contributed by atoms with E-state index in [1.165, 1.54) is 27.4 Å². The van der Waals surface area contributed by atoms with Gasteiger partial charge in [-0.3, -0.25) is 4.79 Å². The maximum atomic E-state index is 13.9. The average molecular weight is 446 g/mol. The van der Waals surface area contributed by atoms with Crippen LogP contribution in [0.25, 0.3) is 0 Å². The van der Waals surface area contributed by atoms with Crippen molar-refractivity contribution in [3.63, 3.8) is 0 Å². The van der Waals surface area contributed by atoms with Gasteiger partial charge < -0.3 is 9.42 Å². The molecule has 7 nitrogen and oxygen atoms in total. The molecule has 2 aromatic rings. The van der Waals surface area contributed by atoms with Crippen LogP contribution in [-0.4, -0.2) is 54.9 Å². The number of benzene rings is 1. The zero-order valence-electron chi connectivity index (χ0n) is 14.2. The maximum absolute atomic E-state index is 13.9. The van der Waals surface area contributed by atoms with Crippen LogP contribution in [0.5, 0.6) is 0 Å². The van der Waals surface area contributed by atoms with E-state index in [1.54, 1.807) is 13.8 Å². The molecule has 3 rings (SSSR count). The molecule has 10 heteroatoms. The van der Waals surface area contributed by atoms with Gasteiger partial charge in [-0.1, -0.05) is 21.1 Å². The summed E-state index contributed by atoms with van der Waals surface area (Å²) in [7, 11) is -3.75. The molecule has 2 heterocycles. The molecule has 1 aliphatic rings. The highest BCUT2D eigenvalue weighted by molar-refractivity contribution is 9.10. The van der Waals surface area contributed by atoms with E-state index in [4.69, 9.17) is 4.52 Å². The Hall–Kier alpha value is -1.78. The van der Waals surface area contributed by atoms with Crippen LogP contribution in [0.2, 0.25) is 0 Å². The Morgan fingerprint density at radius 3 is 2.46 bits per heavy atom. The summed E-state index contributed by atoms with van der Waals surface area (Å²) in [6.45, 7) is 3.70. The first kappa shape index (κ1) is 19.0. The molecule has 0 unspecified atom stereocenters. The first-order valence-corrected chi connectivity index (χ1v) is 10.1. The van der Waals surface area contributed by atoms with Gasteiger partial charge in [0.25, 0.3) is 5.91 Å². The number of sulfonamides is 1. The van der Waals surface area contributed by atoms with Crippen molar-refractivity contribution in [2.45, 2.75) is 18.7 Å². The highest BCUT2D eigenvalue weighted by Gasteiger charge is 2.34. The first-order valence-electron chi connectivity index (χ1n) is 7.89. The molecule has 0 spiro atoms. The van der Waals surface area contributed by atoms with E-state index in [2.05, 4.69) is 21.1 Å². The van der Waals surface area contributed by atoms with Gasteiger partial charge in [-0.05, 0) is 32.0 Å². The molecule has 0 bridgehead atoms. The third kappa shape index (κ3) is 3.40. The number of piperazine rings is 1. The maximum Gasteiger partial charge on any atom is 0.256 e. The number of carbonyl (C=O) groups is 1. The third-order valence-corrected chi connectivity index (χ3v) is 6.89. The SMILES string of the molecule is Cc1noc(C)c1S(=O)(=O)N1CCN(C(=O)c2cc(Br)ccc2F)CC1. The monoisotopic (exact) mass is 445 g/mol. The Morgan fingerprint density at radius 1 is 1.23 bits per heavy atom. The zero-order chi connectivity index (χ0) is 19.1. The van der Waals surface area contributed by atoms with E-state index in [1.807, 2.05) is 0 Å². The number of carbonyl (C=O) groups excluding carboxylic acids is 1. The van der Waals surface area contributed by atoms with Gasteiger partial charge in [-0.2, -0.15) is 4.31 Å².